The number of ether oxygens (including phenoxy) is 3. The highest BCUT2D eigenvalue weighted by Crippen LogP contribution is 2.39. The molecule has 0 aromatic heterocycles. The molecule has 184 valence electrons. The molecule has 0 N–H and O–H groups in total. The molecule has 4 heteroatoms. The van der Waals surface area contributed by atoms with Crippen molar-refractivity contribution in [2.24, 2.45) is 0 Å². The van der Waals surface area contributed by atoms with Gasteiger partial charge in [-0.3, -0.25) is 4.79 Å². The van der Waals surface area contributed by atoms with Crippen molar-refractivity contribution in [3.8, 4) is 17.2 Å². The summed E-state index contributed by atoms with van der Waals surface area (Å²) in [6.07, 6.45) is 9.30. The lowest BCUT2D eigenvalue weighted by Crippen LogP contribution is -2.16. The molecule has 4 nitrogen and oxygen atoms in total. The number of unbranched alkanes of at least 4 members (excludes halogenated alkanes) is 2. The molecule has 0 aliphatic heterocycles. The summed E-state index contributed by atoms with van der Waals surface area (Å²) < 4.78 is 17.7. The van der Waals surface area contributed by atoms with E-state index < -0.39 is 0 Å². The Balaban J connectivity index is 2.38. The first-order valence-corrected chi connectivity index (χ1v) is 12.3. The Kier molecular flexibility index (Phi) is 10.9. The highest BCUT2D eigenvalue weighted by atomic mass is 16.5. The van der Waals surface area contributed by atoms with E-state index in [1.807, 2.05) is 18.2 Å². The van der Waals surface area contributed by atoms with Gasteiger partial charge in [-0.15, -0.1) is 0 Å². The third-order valence-corrected chi connectivity index (χ3v) is 5.30. The van der Waals surface area contributed by atoms with Crippen LogP contribution in [0.15, 0.2) is 55.1 Å². The van der Waals surface area contributed by atoms with Crippen LogP contribution in [0.1, 0.15) is 81.8 Å². The van der Waals surface area contributed by atoms with Gasteiger partial charge < -0.3 is 14.2 Å². The van der Waals surface area contributed by atoms with E-state index in [0.717, 1.165) is 48.3 Å². The fourth-order valence-corrected chi connectivity index (χ4v) is 3.54. The van der Waals surface area contributed by atoms with Crippen LogP contribution >= 0.6 is 0 Å². The van der Waals surface area contributed by atoms with Crippen molar-refractivity contribution in [1.82, 2.24) is 0 Å². The van der Waals surface area contributed by atoms with Gasteiger partial charge >= 0.3 is 0 Å². The van der Waals surface area contributed by atoms with E-state index >= 15 is 0 Å². The predicted octanol–water partition coefficient (Wildman–Crippen LogP) is 7.80. The van der Waals surface area contributed by atoms with Crippen LogP contribution in [-0.2, 0) is 5.41 Å². The quantitative estimate of drug-likeness (QED) is 0.124. The summed E-state index contributed by atoms with van der Waals surface area (Å²) in [6.45, 7) is 16.2. The first-order chi connectivity index (χ1) is 16.3. The highest BCUT2D eigenvalue weighted by Gasteiger charge is 2.24. The van der Waals surface area contributed by atoms with Crippen molar-refractivity contribution in [2.75, 3.05) is 19.8 Å². The summed E-state index contributed by atoms with van der Waals surface area (Å²) in [5.41, 5.74) is 2.45. The molecule has 0 heterocycles. The Labute approximate surface area is 205 Å². The lowest BCUT2D eigenvalue weighted by Gasteiger charge is -2.26. The second kappa shape index (κ2) is 13.6. The van der Waals surface area contributed by atoms with Gasteiger partial charge in [0.05, 0.1) is 13.2 Å². The minimum absolute atomic E-state index is 0.0686. The van der Waals surface area contributed by atoms with E-state index in [2.05, 4.69) is 41.2 Å². The maximum atomic E-state index is 12.9. The second-order valence-corrected chi connectivity index (χ2v) is 9.36. The molecule has 0 fully saturated rings. The van der Waals surface area contributed by atoms with Gasteiger partial charge in [-0.1, -0.05) is 66.2 Å². The number of ketones is 1. The van der Waals surface area contributed by atoms with Crippen LogP contribution in [0.25, 0.3) is 6.08 Å². The van der Waals surface area contributed by atoms with Gasteiger partial charge in [-0.05, 0) is 60.2 Å². The van der Waals surface area contributed by atoms with E-state index in [1.165, 1.54) is 0 Å². The molecule has 34 heavy (non-hydrogen) atoms. The molecule has 0 aliphatic carbocycles. The number of carbonyl (C=O) groups excluding carboxylic acids is 1. The first-order valence-electron chi connectivity index (χ1n) is 12.3. The summed E-state index contributed by atoms with van der Waals surface area (Å²) in [6, 6.07) is 11.2. The Morgan fingerprint density at radius 3 is 2.15 bits per heavy atom. The van der Waals surface area contributed by atoms with Gasteiger partial charge in [0, 0.05) is 17.2 Å². The summed E-state index contributed by atoms with van der Waals surface area (Å²) in [5.74, 6) is 2.23. The predicted molar refractivity (Wildman–Crippen MR) is 141 cm³/mol. The van der Waals surface area contributed by atoms with Gasteiger partial charge in [0.25, 0.3) is 0 Å². The average molecular weight is 465 g/mol. The smallest absolute Gasteiger partial charge is 0.185 e. The fourth-order valence-electron chi connectivity index (χ4n) is 3.54. The molecular weight excluding hydrogens is 424 g/mol. The van der Waals surface area contributed by atoms with Crippen LogP contribution in [-0.4, -0.2) is 25.6 Å². The van der Waals surface area contributed by atoms with E-state index in [4.69, 9.17) is 14.2 Å². The van der Waals surface area contributed by atoms with Crippen molar-refractivity contribution in [3.63, 3.8) is 0 Å². The molecule has 0 saturated carbocycles. The second-order valence-electron chi connectivity index (χ2n) is 9.36. The molecule has 0 bridgehead atoms. The standard InChI is InChI=1S/C30H40O4/c1-7-10-19-33-26-21-24(29(30(4,5)6)28(22-26)34-20-11-8-2)14-17-27(31)23-12-15-25(16-13-23)32-18-9-3/h9,12-17,21-22H,3,7-8,10-11,18-20H2,1-2,4-6H3/b17-14+. The van der Waals surface area contributed by atoms with Gasteiger partial charge in [-0.25, -0.2) is 0 Å². The number of benzene rings is 2. The van der Waals surface area contributed by atoms with E-state index in [0.29, 0.717) is 31.1 Å². The summed E-state index contributed by atoms with van der Waals surface area (Å²) in [7, 11) is 0. The molecule has 2 aromatic carbocycles. The third kappa shape index (κ3) is 8.40. The molecule has 0 radical (unpaired) electrons. The normalized spacial score (nSPS) is 11.4. The number of carbonyl (C=O) groups is 1. The first kappa shape index (κ1) is 27.2. The van der Waals surface area contributed by atoms with E-state index in [9.17, 15) is 4.79 Å². The van der Waals surface area contributed by atoms with Crippen molar-refractivity contribution in [2.45, 2.75) is 65.7 Å². The highest BCUT2D eigenvalue weighted by molar-refractivity contribution is 6.07. The molecular formula is C30H40O4. The summed E-state index contributed by atoms with van der Waals surface area (Å²) in [4.78, 5) is 12.9. The summed E-state index contributed by atoms with van der Waals surface area (Å²) >= 11 is 0. The van der Waals surface area contributed by atoms with Crippen LogP contribution in [0.2, 0.25) is 0 Å². The zero-order valence-electron chi connectivity index (χ0n) is 21.5. The van der Waals surface area contributed by atoms with E-state index in [1.54, 1.807) is 36.4 Å². The molecule has 0 atom stereocenters. The lowest BCUT2D eigenvalue weighted by atomic mass is 9.82. The number of allylic oxidation sites excluding steroid dienone is 1. The van der Waals surface area contributed by atoms with E-state index in [-0.39, 0.29) is 11.2 Å². The van der Waals surface area contributed by atoms with Crippen LogP contribution in [0.3, 0.4) is 0 Å². The molecule has 0 spiro atoms. The largest absolute Gasteiger partial charge is 0.493 e. The average Bonchev–Trinajstić information content (AvgIpc) is 2.81. The van der Waals surface area contributed by atoms with Crippen LogP contribution in [0.5, 0.6) is 17.2 Å². The lowest BCUT2D eigenvalue weighted by molar-refractivity contribution is 0.104. The number of hydrogen-bond donors (Lipinski definition) is 0. The molecule has 0 unspecified atom stereocenters. The van der Waals surface area contributed by atoms with Gasteiger partial charge in [0.15, 0.2) is 5.78 Å². The molecule has 0 amide bonds. The molecule has 0 saturated heterocycles. The topological polar surface area (TPSA) is 44.8 Å². The SMILES string of the molecule is C=CCOc1ccc(C(=O)/C=C/c2cc(OCCCC)cc(OCCCC)c2C(C)(C)C)cc1. The Morgan fingerprint density at radius 2 is 1.56 bits per heavy atom. The molecule has 2 aromatic rings. The Bertz CT molecular complexity index is 949. The number of hydrogen-bond acceptors (Lipinski definition) is 4. The monoisotopic (exact) mass is 464 g/mol. The van der Waals surface area contributed by atoms with Crippen molar-refractivity contribution in [3.05, 3.63) is 71.8 Å². The van der Waals surface area contributed by atoms with Crippen molar-refractivity contribution >= 4 is 11.9 Å². The minimum Gasteiger partial charge on any atom is -0.493 e. The van der Waals surface area contributed by atoms with Crippen LogP contribution in [0, 0.1) is 0 Å². The minimum atomic E-state index is -0.170. The van der Waals surface area contributed by atoms with Gasteiger partial charge in [-0.2, -0.15) is 0 Å². The zero-order valence-corrected chi connectivity index (χ0v) is 21.5. The third-order valence-electron chi connectivity index (χ3n) is 5.30. The van der Waals surface area contributed by atoms with Gasteiger partial charge in [0.1, 0.15) is 23.9 Å². The Hall–Kier alpha value is -3.01. The maximum Gasteiger partial charge on any atom is 0.185 e. The van der Waals surface area contributed by atoms with Crippen molar-refractivity contribution in [1.29, 1.82) is 0 Å². The number of rotatable bonds is 14. The fraction of sp³-hybridized carbons (Fsp3) is 0.433. The van der Waals surface area contributed by atoms with Crippen LogP contribution < -0.4 is 14.2 Å². The van der Waals surface area contributed by atoms with Gasteiger partial charge in [0.2, 0.25) is 0 Å². The zero-order chi connectivity index (χ0) is 25.0. The molecule has 2 rings (SSSR count). The summed E-state index contributed by atoms with van der Waals surface area (Å²) in [5, 5.41) is 0. The van der Waals surface area contributed by atoms with Crippen LogP contribution in [0.4, 0.5) is 0 Å². The molecule has 0 aliphatic rings. The van der Waals surface area contributed by atoms with Crippen molar-refractivity contribution < 1.29 is 19.0 Å². The maximum absolute atomic E-state index is 12.9. The Morgan fingerprint density at radius 1 is 0.912 bits per heavy atom.